The molecule has 0 amide bonds. The van der Waals surface area contributed by atoms with E-state index in [4.69, 9.17) is 23.3 Å². The third-order valence-corrected chi connectivity index (χ3v) is 14.5. The Morgan fingerprint density at radius 3 is 1.02 bits per heavy atom. The van der Waals surface area contributed by atoms with E-state index in [1.807, 2.05) is 0 Å². The number of allylic oxidation sites excluding steroid dienone is 16. The molecule has 11 nitrogen and oxygen atoms in total. The summed E-state index contributed by atoms with van der Waals surface area (Å²) >= 11 is 0. The highest BCUT2D eigenvalue weighted by Crippen LogP contribution is 2.43. The van der Waals surface area contributed by atoms with Gasteiger partial charge in [-0.05, 0) is 96.3 Å². The molecule has 0 rings (SSSR count). The second kappa shape index (κ2) is 61.5. The number of aliphatic hydroxyl groups excluding tert-OH is 1. The van der Waals surface area contributed by atoms with Gasteiger partial charge >= 0.3 is 25.7 Å². The fourth-order valence-electron chi connectivity index (χ4n) is 8.69. The fraction of sp³-hybridized carbons (Fsp3) is 0.721. The lowest BCUT2D eigenvalue weighted by Gasteiger charge is -2.21. The molecule has 0 radical (unpaired) electrons. The summed E-state index contributed by atoms with van der Waals surface area (Å²) in [5, 5.41) is 9.84. The minimum Gasteiger partial charge on any atom is -0.462 e. The molecule has 0 aromatic carbocycles. The molecule has 0 heterocycles. The van der Waals surface area contributed by atoms with Crippen molar-refractivity contribution >= 4 is 25.7 Å². The molecule has 0 fully saturated rings. The maximum atomic E-state index is 13.0. The quantitative estimate of drug-likeness (QED) is 0.0197. The first-order valence-corrected chi connectivity index (χ1v) is 33.6. The van der Waals surface area contributed by atoms with Gasteiger partial charge in [-0.2, -0.15) is 0 Å². The van der Waals surface area contributed by atoms with Crippen molar-refractivity contribution in [1.82, 2.24) is 0 Å². The first kappa shape index (κ1) is 76.4. The fourth-order valence-corrected chi connectivity index (χ4v) is 9.48. The third kappa shape index (κ3) is 59.0. The highest BCUT2D eigenvalue weighted by molar-refractivity contribution is 7.47. The number of hydrogen-bond acceptors (Lipinski definition) is 10. The molecule has 0 aromatic rings. The molecule has 2 N–H and O–H groups in total. The maximum absolute atomic E-state index is 13.0. The Labute approximate surface area is 489 Å². The molecule has 0 saturated carbocycles. The molecule has 0 aromatic heterocycles. The van der Waals surface area contributed by atoms with Gasteiger partial charge in [0.05, 0.1) is 19.8 Å². The second-order valence-electron chi connectivity index (χ2n) is 21.2. The molecule has 0 spiro atoms. The van der Waals surface area contributed by atoms with Gasteiger partial charge in [0.1, 0.15) is 12.7 Å². The Bertz CT molecular complexity index is 1710. The van der Waals surface area contributed by atoms with Crippen LogP contribution in [0.1, 0.15) is 278 Å². The lowest BCUT2D eigenvalue weighted by molar-refractivity contribution is -0.161. The third-order valence-electron chi connectivity index (χ3n) is 13.5. The normalized spacial score (nSPS) is 13.9. The standard InChI is InChI=1S/C68H117O11P/c1-4-7-10-13-16-19-22-25-28-30-32-34-37-39-42-45-48-51-54-57-66(70)75-61-65(79-68(72)59-56-53-50-47-44-41-38-35-33-31-29-26-23-20-17-14-11-8-5-2)63-77-80(73,74)76-62-64(60-69)78-67(71)58-55-52-49-46-43-40-36-27-24-21-18-15-12-9-6-3/h8-9,11-12,17-18,20-21,26-27,29,33,35-36,43,46,64-65,69H,4-7,10,13-16,19,22-25,28,30-32,34,37-42,44-45,47-63H2,1-3H3,(H,73,74)/b11-8-,12-9-,20-17-,21-18-,29-26-,35-33-,36-27-,46-43-. The smallest absolute Gasteiger partial charge is 0.462 e. The number of phosphoric ester groups is 1. The minimum atomic E-state index is -4.77. The molecule has 80 heavy (non-hydrogen) atoms. The molecule has 0 aliphatic rings. The van der Waals surface area contributed by atoms with Gasteiger partial charge in [0.15, 0.2) is 6.10 Å². The largest absolute Gasteiger partial charge is 0.472 e. The minimum absolute atomic E-state index is 0.121. The Hall–Kier alpha value is -3.60. The number of hydrogen-bond donors (Lipinski definition) is 2. The van der Waals surface area contributed by atoms with Crippen LogP contribution in [0.3, 0.4) is 0 Å². The summed E-state index contributed by atoms with van der Waals surface area (Å²) in [5.74, 6) is -1.52. The van der Waals surface area contributed by atoms with Crippen LogP contribution in [0.25, 0.3) is 0 Å². The highest BCUT2D eigenvalue weighted by atomic mass is 31.2. The van der Waals surface area contributed by atoms with Crippen LogP contribution < -0.4 is 0 Å². The topological polar surface area (TPSA) is 155 Å². The van der Waals surface area contributed by atoms with E-state index >= 15 is 0 Å². The lowest BCUT2D eigenvalue weighted by atomic mass is 10.0. The van der Waals surface area contributed by atoms with E-state index < -0.39 is 57.8 Å². The van der Waals surface area contributed by atoms with Gasteiger partial charge in [-0.15, -0.1) is 0 Å². The average Bonchev–Trinajstić information content (AvgIpc) is 3.45. The van der Waals surface area contributed by atoms with Crippen LogP contribution in [0.15, 0.2) is 97.2 Å². The Kier molecular flexibility index (Phi) is 58.7. The first-order chi connectivity index (χ1) is 39.2. The summed E-state index contributed by atoms with van der Waals surface area (Å²) in [6, 6.07) is 0. The summed E-state index contributed by atoms with van der Waals surface area (Å²) in [6.07, 6.45) is 73.6. The number of ether oxygens (including phenoxy) is 3. The van der Waals surface area contributed by atoms with Gasteiger partial charge in [-0.1, -0.05) is 259 Å². The van der Waals surface area contributed by atoms with E-state index in [2.05, 4.69) is 118 Å². The van der Waals surface area contributed by atoms with Gasteiger partial charge in [0.25, 0.3) is 0 Å². The predicted octanol–water partition coefficient (Wildman–Crippen LogP) is 19.6. The van der Waals surface area contributed by atoms with Crippen LogP contribution >= 0.6 is 7.82 Å². The van der Waals surface area contributed by atoms with Crippen molar-refractivity contribution in [2.45, 2.75) is 290 Å². The predicted molar refractivity (Wildman–Crippen MR) is 334 cm³/mol. The average molecular weight is 1140 g/mol. The molecule has 12 heteroatoms. The zero-order valence-corrected chi connectivity index (χ0v) is 51.9. The lowest BCUT2D eigenvalue weighted by Crippen LogP contribution is -2.30. The Balaban J connectivity index is 4.76. The van der Waals surface area contributed by atoms with Crippen LogP contribution in [-0.2, 0) is 42.2 Å². The van der Waals surface area contributed by atoms with Crippen molar-refractivity contribution in [1.29, 1.82) is 0 Å². The van der Waals surface area contributed by atoms with Crippen molar-refractivity contribution < 1.29 is 52.2 Å². The van der Waals surface area contributed by atoms with E-state index in [0.29, 0.717) is 19.3 Å². The number of rotatable bonds is 59. The van der Waals surface area contributed by atoms with E-state index in [-0.39, 0.29) is 25.9 Å². The van der Waals surface area contributed by atoms with Crippen molar-refractivity contribution in [2.75, 3.05) is 26.4 Å². The van der Waals surface area contributed by atoms with Gasteiger partial charge in [0.2, 0.25) is 0 Å². The Morgan fingerprint density at radius 1 is 0.362 bits per heavy atom. The molecule has 3 atom stereocenters. The van der Waals surface area contributed by atoms with Gasteiger partial charge in [-0.25, -0.2) is 4.57 Å². The van der Waals surface area contributed by atoms with Crippen molar-refractivity contribution in [3.63, 3.8) is 0 Å². The van der Waals surface area contributed by atoms with Crippen molar-refractivity contribution in [3.8, 4) is 0 Å². The summed E-state index contributed by atoms with van der Waals surface area (Å²) in [5.41, 5.74) is 0. The number of unbranched alkanes of at least 4 members (excludes halogenated alkanes) is 26. The van der Waals surface area contributed by atoms with Crippen molar-refractivity contribution in [2.24, 2.45) is 0 Å². The highest BCUT2D eigenvalue weighted by Gasteiger charge is 2.28. The number of carbonyl (C=O) groups is 3. The first-order valence-electron chi connectivity index (χ1n) is 32.1. The number of phosphoric acid groups is 1. The van der Waals surface area contributed by atoms with Crippen molar-refractivity contribution in [3.05, 3.63) is 97.2 Å². The maximum Gasteiger partial charge on any atom is 0.472 e. The summed E-state index contributed by atoms with van der Waals surface area (Å²) < 4.78 is 39.6. The zero-order valence-electron chi connectivity index (χ0n) is 51.0. The van der Waals surface area contributed by atoms with E-state index in [0.717, 1.165) is 122 Å². The van der Waals surface area contributed by atoms with Gasteiger partial charge < -0.3 is 24.2 Å². The SMILES string of the molecule is CC/C=C\C/C=C\C/C=C\C/C=C\CCCCCCCCC(=O)OC(COC(=O)CCCCCCCCCCCCCCCCCCCCC)COP(=O)(O)OCC(CO)OC(=O)CCCC/C=C\C/C=C\C/C=C\C/C=C\CC. The number of esters is 3. The van der Waals surface area contributed by atoms with Gasteiger partial charge in [0, 0.05) is 19.3 Å². The summed E-state index contributed by atoms with van der Waals surface area (Å²) in [4.78, 5) is 48.7. The summed E-state index contributed by atoms with van der Waals surface area (Å²) in [6.45, 7) is 4.39. The molecular weight excluding hydrogens is 1020 g/mol. The second-order valence-corrected chi connectivity index (χ2v) is 22.6. The molecular formula is C68H117O11P. The van der Waals surface area contributed by atoms with Gasteiger partial charge in [-0.3, -0.25) is 23.4 Å². The molecule has 0 saturated heterocycles. The van der Waals surface area contributed by atoms with Crippen LogP contribution in [0.5, 0.6) is 0 Å². The van der Waals surface area contributed by atoms with E-state index in [9.17, 15) is 28.9 Å². The van der Waals surface area contributed by atoms with Crippen LogP contribution in [0, 0.1) is 0 Å². The number of carbonyl (C=O) groups excluding carboxylic acids is 3. The van der Waals surface area contributed by atoms with Crippen LogP contribution in [0.4, 0.5) is 0 Å². The van der Waals surface area contributed by atoms with Crippen LogP contribution in [-0.4, -0.2) is 66.5 Å². The molecule has 0 aliphatic heterocycles. The zero-order chi connectivity index (χ0) is 58.3. The molecule has 460 valence electrons. The molecule has 0 aliphatic carbocycles. The Morgan fingerprint density at radius 2 is 0.650 bits per heavy atom. The number of aliphatic hydroxyl groups is 1. The van der Waals surface area contributed by atoms with E-state index in [1.165, 1.54) is 96.3 Å². The van der Waals surface area contributed by atoms with E-state index in [1.54, 1.807) is 0 Å². The molecule has 0 bridgehead atoms. The summed E-state index contributed by atoms with van der Waals surface area (Å²) in [7, 11) is -4.77. The van der Waals surface area contributed by atoms with Crippen LogP contribution in [0.2, 0.25) is 0 Å². The molecule has 3 unspecified atom stereocenters. The monoisotopic (exact) mass is 1140 g/mol.